The van der Waals surface area contributed by atoms with Crippen LogP contribution in [0, 0.1) is 0 Å². The summed E-state index contributed by atoms with van der Waals surface area (Å²) in [7, 11) is 3.18. The van der Waals surface area contributed by atoms with Crippen LogP contribution in [0.1, 0.15) is 19.4 Å². The summed E-state index contributed by atoms with van der Waals surface area (Å²) in [5, 5.41) is 0. The van der Waals surface area contributed by atoms with Gasteiger partial charge in [-0.05, 0) is 37.6 Å². The van der Waals surface area contributed by atoms with E-state index in [0.717, 1.165) is 5.56 Å². The van der Waals surface area contributed by atoms with Gasteiger partial charge in [-0.1, -0.05) is 18.2 Å². The van der Waals surface area contributed by atoms with Crippen LogP contribution in [0.25, 0.3) is 6.08 Å². The lowest BCUT2D eigenvalue weighted by atomic mass is 10.2. The lowest BCUT2D eigenvalue weighted by Crippen LogP contribution is -2.05. The Bertz CT molecular complexity index is 515. The largest absolute Gasteiger partial charge is 0.493 e. The van der Waals surface area contributed by atoms with E-state index in [1.54, 1.807) is 40.2 Å². The van der Waals surface area contributed by atoms with Crippen molar-refractivity contribution in [1.82, 2.24) is 0 Å². The summed E-state index contributed by atoms with van der Waals surface area (Å²) in [6, 6.07) is 5.58. The molecule has 1 rings (SSSR count). The first kappa shape index (κ1) is 15.8. The number of hydrogen-bond donors (Lipinski definition) is 0. The molecule has 0 atom stereocenters. The highest BCUT2D eigenvalue weighted by Gasteiger charge is 2.03. The highest BCUT2D eigenvalue weighted by atomic mass is 16.5. The normalized spacial score (nSPS) is 11.5. The minimum Gasteiger partial charge on any atom is -0.493 e. The molecule has 0 heterocycles. The van der Waals surface area contributed by atoms with Crippen molar-refractivity contribution in [1.29, 1.82) is 0 Å². The minimum atomic E-state index is -0.301. The van der Waals surface area contributed by atoms with Crippen LogP contribution in [0.4, 0.5) is 0 Å². The Morgan fingerprint density at radius 2 is 1.90 bits per heavy atom. The lowest BCUT2D eigenvalue weighted by molar-refractivity contribution is -0.137. The van der Waals surface area contributed by atoms with Crippen LogP contribution in [0.3, 0.4) is 0 Å². The first-order chi connectivity index (χ1) is 9.62. The molecule has 4 nitrogen and oxygen atoms in total. The first-order valence-corrected chi connectivity index (χ1v) is 6.31. The van der Waals surface area contributed by atoms with Gasteiger partial charge in [0.25, 0.3) is 0 Å². The molecule has 0 spiro atoms. The molecule has 0 unspecified atom stereocenters. The standard InChI is InChI=1S/C16H20O4/c1-5-12(2)16(17)20-10-6-7-13-8-9-14(18-3)15(11-13)19-4/h5-9,11H,10H2,1-4H3. The SMILES string of the molecule is CC=C(C)C(=O)OCC=Cc1ccc(OC)c(OC)c1. The Morgan fingerprint density at radius 3 is 2.50 bits per heavy atom. The topological polar surface area (TPSA) is 44.8 Å². The smallest absolute Gasteiger partial charge is 0.333 e. The van der Waals surface area contributed by atoms with E-state index >= 15 is 0 Å². The Hall–Kier alpha value is -2.23. The maximum absolute atomic E-state index is 11.4. The third-order valence-corrected chi connectivity index (χ3v) is 2.78. The molecule has 0 aliphatic heterocycles. The van der Waals surface area contributed by atoms with Crippen LogP contribution in [0.15, 0.2) is 35.9 Å². The number of esters is 1. The average Bonchev–Trinajstić information content (AvgIpc) is 2.50. The zero-order valence-electron chi connectivity index (χ0n) is 12.3. The molecule has 4 heteroatoms. The highest BCUT2D eigenvalue weighted by molar-refractivity contribution is 5.87. The second-order valence-electron chi connectivity index (χ2n) is 4.09. The van der Waals surface area contributed by atoms with E-state index in [1.807, 2.05) is 24.3 Å². The third kappa shape index (κ3) is 4.46. The number of benzene rings is 1. The second kappa shape index (κ2) is 8.04. The molecule has 0 aromatic heterocycles. The van der Waals surface area contributed by atoms with E-state index in [0.29, 0.717) is 17.1 Å². The summed E-state index contributed by atoms with van der Waals surface area (Å²) >= 11 is 0. The fourth-order valence-corrected chi connectivity index (χ4v) is 1.50. The molecule has 0 aliphatic rings. The predicted molar refractivity (Wildman–Crippen MR) is 79.0 cm³/mol. The number of ether oxygens (including phenoxy) is 3. The van der Waals surface area contributed by atoms with Gasteiger partial charge in [-0.3, -0.25) is 0 Å². The minimum absolute atomic E-state index is 0.234. The number of allylic oxidation sites excluding steroid dienone is 1. The van der Waals surface area contributed by atoms with Crippen LogP contribution in [-0.2, 0) is 9.53 Å². The summed E-state index contributed by atoms with van der Waals surface area (Å²) in [5.41, 5.74) is 1.55. The average molecular weight is 276 g/mol. The molecule has 0 bridgehead atoms. The highest BCUT2D eigenvalue weighted by Crippen LogP contribution is 2.27. The third-order valence-electron chi connectivity index (χ3n) is 2.78. The molecule has 0 saturated carbocycles. The predicted octanol–water partition coefficient (Wildman–Crippen LogP) is 3.23. The number of carbonyl (C=O) groups excluding carboxylic acids is 1. The number of methoxy groups -OCH3 is 2. The number of hydrogen-bond acceptors (Lipinski definition) is 4. The Balaban J connectivity index is 2.61. The van der Waals surface area contributed by atoms with Crippen molar-refractivity contribution in [3.8, 4) is 11.5 Å². The maximum atomic E-state index is 11.4. The molecule has 20 heavy (non-hydrogen) atoms. The van der Waals surface area contributed by atoms with Crippen LogP contribution in [-0.4, -0.2) is 26.8 Å². The maximum Gasteiger partial charge on any atom is 0.333 e. The van der Waals surface area contributed by atoms with Crippen molar-refractivity contribution < 1.29 is 19.0 Å². The summed E-state index contributed by atoms with van der Waals surface area (Å²) in [5.74, 6) is 1.04. The van der Waals surface area contributed by atoms with Gasteiger partial charge in [0.1, 0.15) is 6.61 Å². The molecule has 108 valence electrons. The van der Waals surface area contributed by atoms with Crippen LogP contribution < -0.4 is 9.47 Å². The molecule has 0 saturated heterocycles. The molecule has 0 aliphatic carbocycles. The van der Waals surface area contributed by atoms with Gasteiger partial charge >= 0.3 is 5.97 Å². The Morgan fingerprint density at radius 1 is 1.20 bits per heavy atom. The van der Waals surface area contributed by atoms with E-state index in [9.17, 15) is 4.79 Å². The van der Waals surface area contributed by atoms with Crippen molar-refractivity contribution in [2.24, 2.45) is 0 Å². The summed E-state index contributed by atoms with van der Waals surface area (Å²) < 4.78 is 15.4. The van der Waals surface area contributed by atoms with Crippen molar-refractivity contribution in [3.05, 3.63) is 41.5 Å². The van der Waals surface area contributed by atoms with Gasteiger partial charge in [-0.15, -0.1) is 0 Å². The van der Waals surface area contributed by atoms with E-state index in [2.05, 4.69) is 0 Å². The molecule has 0 radical (unpaired) electrons. The first-order valence-electron chi connectivity index (χ1n) is 6.31. The van der Waals surface area contributed by atoms with Crippen molar-refractivity contribution in [2.75, 3.05) is 20.8 Å². The number of rotatable bonds is 6. The van der Waals surface area contributed by atoms with Gasteiger partial charge in [0.05, 0.1) is 14.2 Å². The molecule has 0 fully saturated rings. The molecule has 1 aromatic rings. The molecular formula is C16H20O4. The zero-order chi connectivity index (χ0) is 15.0. The summed E-state index contributed by atoms with van der Waals surface area (Å²) in [6.07, 6.45) is 5.36. The van der Waals surface area contributed by atoms with Crippen molar-refractivity contribution in [3.63, 3.8) is 0 Å². The van der Waals surface area contributed by atoms with Crippen LogP contribution in [0.5, 0.6) is 11.5 Å². The van der Waals surface area contributed by atoms with Gasteiger partial charge in [-0.2, -0.15) is 0 Å². The quantitative estimate of drug-likeness (QED) is 0.591. The molecule has 0 N–H and O–H groups in total. The van der Waals surface area contributed by atoms with E-state index in [1.165, 1.54) is 0 Å². The van der Waals surface area contributed by atoms with Gasteiger partial charge in [-0.25, -0.2) is 4.79 Å². The second-order valence-corrected chi connectivity index (χ2v) is 4.09. The summed E-state index contributed by atoms with van der Waals surface area (Å²) in [6.45, 7) is 3.76. The zero-order valence-corrected chi connectivity index (χ0v) is 12.3. The van der Waals surface area contributed by atoms with Crippen LogP contribution >= 0.6 is 0 Å². The van der Waals surface area contributed by atoms with E-state index in [-0.39, 0.29) is 12.6 Å². The Labute approximate surface area is 119 Å². The van der Waals surface area contributed by atoms with Gasteiger partial charge in [0.2, 0.25) is 0 Å². The van der Waals surface area contributed by atoms with Gasteiger partial charge in [0, 0.05) is 5.57 Å². The van der Waals surface area contributed by atoms with Crippen molar-refractivity contribution >= 4 is 12.0 Å². The lowest BCUT2D eigenvalue weighted by Gasteiger charge is -2.07. The van der Waals surface area contributed by atoms with Gasteiger partial charge < -0.3 is 14.2 Å². The number of carbonyl (C=O) groups is 1. The fourth-order valence-electron chi connectivity index (χ4n) is 1.50. The molecular weight excluding hydrogens is 256 g/mol. The summed E-state index contributed by atoms with van der Waals surface area (Å²) in [4.78, 5) is 11.4. The fraction of sp³-hybridized carbons (Fsp3) is 0.312. The van der Waals surface area contributed by atoms with Crippen LogP contribution in [0.2, 0.25) is 0 Å². The van der Waals surface area contributed by atoms with Crippen molar-refractivity contribution in [2.45, 2.75) is 13.8 Å². The van der Waals surface area contributed by atoms with Gasteiger partial charge in [0.15, 0.2) is 11.5 Å². The monoisotopic (exact) mass is 276 g/mol. The molecule has 0 amide bonds. The molecule has 1 aromatic carbocycles. The van der Waals surface area contributed by atoms with E-state index < -0.39 is 0 Å². The Kier molecular flexibility index (Phi) is 6.37. The van der Waals surface area contributed by atoms with E-state index in [4.69, 9.17) is 14.2 Å².